The van der Waals surface area contributed by atoms with Gasteiger partial charge in [0.25, 0.3) is 5.91 Å². The van der Waals surface area contributed by atoms with Crippen LogP contribution in [0, 0.1) is 0 Å². The highest BCUT2D eigenvalue weighted by atomic mass is 35.5. The Kier molecular flexibility index (Phi) is 3.51. The number of benzene rings is 1. The number of nitrogens with zero attached hydrogens (tertiary/aromatic N) is 3. The number of carbonyl (C=O) groups is 1. The first-order chi connectivity index (χ1) is 11.7. The molecule has 0 aliphatic carbocycles. The Balaban J connectivity index is 1.55. The zero-order valence-corrected chi connectivity index (χ0v) is 13.1. The smallest absolute Gasteiger partial charge is 0.291 e. The van der Waals surface area contributed by atoms with E-state index in [0.29, 0.717) is 11.5 Å². The number of rotatable bonds is 3. The van der Waals surface area contributed by atoms with Crippen LogP contribution in [0.25, 0.3) is 17.0 Å². The zero-order chi connectivity index (χ0) is 16.5. The molecule has 0 atom stereocenters. The summed E-state index contributed by atoms with van der Waals surface area (Å²) in [6, 6.07) is 12.3. The topological polar surface area (TPSA) is 72.4 Å². The molecule has 0 spiro atoms. The average Bonchev–Trinajstić information content (AvgIpc) is 3.21. The van der Waals surface area contributed by atoms with E-state index in [0.717, 1.165) is 11.3 Å². The summed E-state index contributed by atoms with van der Waals surface area (Å²) < 4.78 is 6.93. The number of carbonyl (C=O) groups excluding carboxylic acids is 1. The van der Waals surface area contributed by atoms with Gasteiger partial charge in [0.05, 0.1) is 5.69 Å². The van der Waals surface area contributed by atoms with Gasteiger partial charge in [-0.2, -0.15) is 0 Å². The lowest BCUT2D eigenvalue weighted by Crippen LogP contribution is -2.10. The molecule has 0 aliphatic rings. The van der Waals surface area contributed by atoms with Gasteiger partial charge in [-0.05, 0) is 41.9 Å². The van der Waals surface area contributed by atoms with Crippen molar-refractivity contribution < 1.29 is 9.21 Å². The normalized spacial score (nSPS) is 10.9. The quantitative estimate of drug-likeness (QED) is 0.615. The molecule has 3 heterocycles. The van der Waals surface area contributed by atoms with Crippen LogP contribution in [0.3, 0.4) is 0 Å². The lowest BCUT2D eigenvalue weighted by atomic mass is 10.1. The summed E-state index contributed by atoms with van der Waals surface area (Å²) in [7, 11) is 0. The van der Waals surface area contributed by atoms with Gasteiger partial charge < -0.3 is 9.73 Å². The highest BCUT2D eigenvalue weighted by molar-refractivity contribution is 6.29. The van der Waals surface area contributed by atoms with Crippen LogP contribution in [-0.2, 0) is 0 Å². The monoisotopic (exact) mass is 338 g/mol. The van der Waals surface area contributed by atoms with Gasteiger partial charge in [-0.25, -0.2) is 9.97 Å². The van der Waals surface area contributed by atoms with Crippen molar-refractivity contribution >= 4 is 29.0 Å². The number of halogens is 1. The van der Waals surface area contributed by atoms with E-state index >= 15 is 0 Å². The third-order valence-electron chi connectivity index (χ3n) is 3.47. The Bertz CT molecular complexity index is 987. The standard InChI is InChI=1S/C17H11ClN4O2/c18-15-7-6-14(24-15)16(23)20-12-4-2-11(3-5-12)13-10-22-9-1-8-19-17(22)21-13/h1-10H,(H,20,23). The maximum atomic E-state index is 12.0. The van der Waals surface area contributed by atoms with Crippen molar-refractivity contribution in [2.45, 2.75) is 0 Å². The maximum absolute atomic E-state index is 12.0. The summed E-state index contributed by atoms with van der Waals surface area (Å²) in [5.41, 5.74) is 2.39. The zero-order valence-electron chi connectivity index (χ0n) is 12.3. The number of fused-ring (bicyclic) bond motifs is 1. The summed E-state index contributed by atoms with van der Waals surface area (Å²) >= 11 is 5.67. The third kappa shape index (κ3) is 2.75. The molecule has 0 saturated carbocycles. The molecule has 24 heavy (non-hydrogen) atoms. The number of imidazole rings is 1. The molecule has 0 saturated heterocycles. The molecule has 0 fully saturated rings. The number of hydrogen-bond donors (Lipinski definition) is 1. The number of nitrogens with one attached hydrogen (secondary N) is 1. The first kappa shape index (κ1) is 14.5. The summed E-state index contributed by atoms with van der Waals surface area (Å²) in [5, 5.41) is 2.92. The fourth-order valence-electron chi connectivity index (χ4n) is 2.32. The molecule has 6 nitrogen and oxygen atoms in total. The lowest BCUT2D eigenvalue weighted by Gasteiger charge is -2.04. The van der Waals surface area contributed by atoms with Crippen LogP contribution in [0.15, 0.2) is 65.5 Å². The summed E-state index contributed by atoms with van der Waals surface area (Å²) in [6.45, 7) is 0. The van der Waals surface area contributed by atoms with Crippen molar-refractivity contribution in [1.82, 2.24) is 14.4 Å². The fourth-order valence-corrected chi connectivity index (χ4v) is 2.47. The molecule has 3 aromatic heterocycles. The van der Waals surface area contributed by atoms with Gasteiger partial charge in [0.2, 0.25) is 5.78 Å². The molecular weight excluding hydrogens is 328 g/mol. The van der Waals surface area contributed by atoms with Crippen LogP contribution in [0.4, 0.5) is 5.69 Å². The summed E-state index contributed by atoms with van der Waals surface area (Å²) in [6.07, 6.45) is 5.49. The molecule has 7 heteroatoms. The van der Waals surface area contributed by atoms with Crippen molar-refractivity contribution in [2.24, 2.45) is 0 Å². The van der Waals surface area contributed by atoms with Crippen LogP contribution >= 0.6 is 11.6 Å². The maximum Gasteiger partial charge on any atom is 0.291 e. The SMILES string of the molecule is O=C(Nc1ccc(-c2cn3cccnc3n2)cc1)c1ccc(Cl)o1. The van der Waals surface area contributed by atoms with Crippen LogP contribution in [-0.4, -0.2) is 20.3 Å². The molecule has 0 radical (unpaired) electrons. The minimum Gasteiger partial charge on any atom is -0.440 e. The highest BCUT2D eigenvalue weighted by Gasteiger charge is 2.11. The van der Waals surface area contributed by atoms with E-state index in [4.69, 9.17) is 16.0 Å². The predicted octanol–water partition coefficient (Wildman–Crippen LogP) is 3.90. The molecule has 4 aromatic rings. The second-order valence-corrected chi connectivity index (χ2v) is 5.46. The first-order valence-corrected chi connectivity index (χ1v) is 7.54. The molecule has 1 N–H and O–H groups in total. The number of aromatic nitrogens is 3. The van der Waals surface area contributed by atoms with Gasteiger partial charge in [0, 0.05) is 29.8 Å². The molecular formula is C17H11ClN4O2. The van der Waals surface area contributed by atoms with Crippen molar-refractivity contribution in [1.29, 1.82) is 0 Å². The number of amides is 1. The number of furan rings is 1. The van der Waals surface area contributed by atoms with E-state index in [1.807, 2.05) is 35.0 Å². The molecule has 4 rings (SSSR count). The van der Waals surface area contributed by atoms with Gasteiger partial charge in [-0.15, -0.1) is 0 Å². The van der Waals surface area contributed by atoms with Crippen LogP contribution in [0.1, 0.15) is 10.6 Å². The highest BCUT2D eigenvalue weighted by Crippen LogP contribution is 2.21. The lowest BCUT2D eigenvalue weighted by molar-refractivity contribution is 0.0997. The van der Waals surface area contributed by atoms with E-state index in [-0.39, 0.29) is 16.9 Å². The van der Waals surface area contributed by atoms with E-state index in [1.165, 1.54) is 12.1 Å². The molecule has 118 valence electrons. The van der Waals surface area contributed by atoms with E-state index in [9.17, 15) is 4.79 Å². The summed E-state index contributed by atoms with van der Waals surface area (Å²) in [4.78, 5) is 20.7. The van der Waals surface area contributed by atoms with Crippen LogP contribution < -0.4 is 5.32 Å². The molecule has 0 bridgehead atoms. The van der Waals surface area contributed by atoms with Crippen LogP contribution in [0.5, 0.6) is 0 Å². The van der Waals surface area contributed by atoms with Gasteiger partial charge in [-0.3, -0.25) is 9.20 Å². The van der Waals surface area contributed by atoms with Gasteiger partial charge >= 0.3 is 0 Å². The van der Waals surface area contributed by atoms with E-state index < -0.39 is 0 Å². The minimum atomic E-state index is -0.355. The fraction of sp³-hybridized carbons (Fsp3) is 0. The van der Waals surface area contributed by atoms with E-state index in [1.54, 1.807) is 18.3 Å². The third-order valence-corrected chi connectivity index (χ3v) is 3.67. The number of anilines is 1. The van der Waals surface area contributed by atoms with Crippen molar-refractivity contribution in [2.75, 3.05) is 5.32 Å². The van der Waals surface area contributed by atoms with Crippen molar-refractivity contribution in [3.8, 4) is 11.3 Å². The molecule has 0 unspecified atom stereocenters. The predicted molar refractivity (Wildman–Crippen MR) is 90.1 cm³/mol. The summed E-state index contributed by atoms with van der Waals surface area (Å²) in [5.74, 6) is 0.446. The first-order valence-electron chi connectivity index (χ1n) is 7.16. The second-order valence-electron chi connectivity index (χ2n) is 5.09. The molecule has 1 amide bonds. The Labute approximate surface area is 141 Å². The van der Waals surface area contributed by atoms with Crippen molar-refractivity contribution in [3.05, 3.63) is 72.0 Å². The Morgan fingerprint density at radius 1 is 1.17 bits per heavy atom. The second kappa shape index (κ2) is 5.82. The van der Waals surface area contributed by atoms with Gasteiger partial charge in [0.1, 0.15) is 0 Å². The van der Waals surface area contributed by atoms with Crippen molar-refractivity contribution in [3.63, 3.8) is 0 Å². The minimum absolute atomic E-state index is 0.163. The average molecular weight is 339 g/mol. The molecule has 0 aliphatic heterocycles. The Morgan fingerprint density at radius 3 is 2.71 bits per heavy atom. The Morgan fingerprint density at radius 2 is 2.00 bits per heavy atom. The largest absolute Gasteiger partial charge is 0.440 e. The van der Waals surface area contributed by atoms with Gasteiger partial charge in [0.15, 0.2) is 11.0 Å². The molecule has 1 aromatic carbocycles. The van der Waals surface area contributed by atoms with Gasteiger partial charge in [-0.1, -0.05) is 12.1 Å². The Hall–Kier alpha value is -3.12. The number of hydrogen-bond acceptors (Lipinski definition) is 4. The van der Waals surface area contributed by atoms with Crippen LogP contribution in [0.2, 0.25) is 5.22 Å². The van der Waals surface area contributed by atoms with E-state index in [2.05, 4.69) is 15.3 Å².